The van der Waals surface area contributed by atoms with Crippen molar-refractivity contribution in [3.63, 3.8) is 0 Å². The zero-order chi connectivity index (χ0) is 15.5. The molecule has 2 rings (SSSR count). The fraction of sp³-hybridized carbons (Fsp3) is 0.600. The number of aromatic nitrogens is 1. The molecule has 1 fully saturated rings. The van der Waals surface area contributed by atoms with Gasteiger partial charge in [-0.25, -0.2) is 9.78 Å². The van der Waals surface area contributed by atoms with Crippen LogP contribution in [0, 0.1) is 0 Å². The molecule has 1 heterocycles. The Hall–Kier alpha value is -1.30. The number of nitrogens with one attached hydrogen (secondary N) is 1. The maximum atomic E-state index is 11.7. The van der Waals surface area contributed by atoms with E-state index in [1.807, 2.05) is 32.9 Å². The monoisotopic (exact) mass is 356 g/mol. The Morgan fingerprint density at radius 1 is 1.38 bits per heavy atom. The van der Waals surface area contributed by atoms with Crippen LogP contribution in [-0.4, -0.2) is 28.8 Å². The summed E-state index contributed by atoms with van der Waals surface area (Å²) in [5.74, 6) is 0.751. The molecular formula is C15H21BrN2O3. The summed E-state index contributed by atoms with van der Waals surface area (Å²) < 4.78 is 11.9. The first-order chi connectivity index (χ1) is 9.82. The summed E-state index contributed by atoms with van der Waals surface area (Å²) in [6.07, 6.45) is 4.03. The number of amides is 1. The Morgan fingerprint density at radius 2 is 2.14 bits per heavy atom. The minimum atomic E-state index is -0.471. The van der Waals surface area contributed by atoms with Gasteiger partial charge in [-0.3, -0.25) is 0 Å². The van der Waals surface area contributed by atoms with E-state index < -0.39 is 5.60 Å². The molecular weight excluding hydrogens is 336 g/mol. The van der Waals surface area contributed by atoms with Crippen LogP contribution in [0.1, 0.15) is 40.0 Å². The van der Waals surface area contributed by atoms with E-state index in [0.29, 0.717) is 0 Å². The molecule has 21 heavy (non-hydrogen) atoms. The van der Waals surface area contributed by atoms with Gasteiger partial charge in [-0.2, -0.15) is 0 Å². The van der Waals surface area contributed by atoms with Gasteiger partial charge in [0.25, 0.3) is 0 Å². The Morgan fingerprint density at radius 3 is 2.76 bits per heavy atom. The largest absolute Gasteiger partial charge is 0.489 e. The van der Waals surface area contributed by atoms with Crippen molar-refractivity contribution in [1.29, 1.82) is 0 Å². The predicted molar refractivity (Wildman–Crippen MR) is 83.4 cm³/mol. The number of pyridine rings is 1. The fourth-order valence-electron chi connectivity index (χ4n) is 2.28. The molecule has 1 aliphatic carbocycles. The van der Waals surface area contributed by atoms with Gasteiger partial charge in [-0.1, -0.05) is 0 Å². The van der Waals surface area contributed by atoms with Crippen molar-refractivity contribution < 1.29 is 14.3 Å². The summed E-state index contributed by atoms with van der Waals surface area (Å²) >= 11 is 3.29. The van der Waals surface area contributed by atoms with Crippen molar-refractivity contribution >= 4 is 22.0 Å². The normalized spacial score (nSPS) is 21.9. The van der Waals surface area contributed by atoms with Gasteiger partial charge >= 0.3 is 6.09 Å². The summed E-state index contributed by atoms with van der Waals surface area (Å²) in [5.41, 5.74) is -0.471. The van der Waals surface area contributed by atoms with Crippen LogP contribution in [0.5, 0.6) is 5.75 Å². The lowest BCUT2D eigenvalue weighted by Crippen LogP contribution is -2.38. The van der Waals surface area contributed by atoms with E-state index in [1.54, 1.807) is 6.20 Å². The van der Waals surface area contributed by atoms with Crippen LogP contribution in [-0.2, 0) is 4.74 Å². The van der Waals surface area contributed by atoms with Gasteiger partial charge in [0.15, 0.2) is 0 Å². The molecule has 1 aromatic rings. The van der Waals surface area contributed by atoms with Crippen LogP contribution >= 0.6 is 15.9 Å². The number of hydrogen-bond acceptors (Lipinski definition) is 4. The number of nitrogens with zero attached hydrogens (tertiary/aromatic N) is 1. The average Bonchev–Trinajstić information content (AvgIpc) is 2.77. The van der Waals surface area contributed by atoms with E-state index in [0.717, 1.165) is 29.6 Å². The average molecular weight is 357 g/mol. The second-order valence-electron chi connectivity index (χ2n) is 6.21. The predicted octanol–water partition coefficient (Wildman–Crippen LogP) is 3.67. The van der Waals surface area contributed by atoms with Gasteiger partial charge < -0.3 is 14.8 Å². The highest BCUT2D eigenvalue weighted by atomic mass is 79.9. The molecule has 0 radical (unpaired) electrons. The quantitative estimate of drug-likeness (QED) is 0.839. The lowest BCUT2D eigenvalue weighted by molar-refractivity contribution is 0.0503. The molecule has 0 spiro atoms. The van der Waals surface area contributed by atoms with Crippen molar-refractivity contribution in [3.8, 4) is 5.75 Å². The van der Waals surface area contributed by atoms with Crippen LogP contribution < -0.4 is 10.1 Å². The lowest BCUT2D eigenvalue weighted by Gasteiger charge is -2.21. The van der Waals surface area contributed by atoms with Crippen LogP contribution in [0.25, 0.3) is 0 Å². The maximum absolute atomic E-state index is 11.7. The Balaban J connectivity index is 1.78. The molecule has 1 amide bonds. The standard InChI is InChI=1S/C15H21BrN2O3/c1-15(2,3)21-14(19)18-10-4-5-11(8-10)20-12-6-7-13(16)17-9-12/h6-7,9-11H,4-5,8H2,1-3H3,(H,18,19)/t10-,11-/m1/s1. The highest BCUT2D eigenvalue weighted by Crippen LogP contribution is 2.25. The number of carbonyl (C=O) groups is 1. The second kappa shape index (κ2) is 6.64. The Bertz CT molecular complexity index is 485. The highest BCUT2D eigenvalue weighted by molar-refractivity contribution is 9.10. The molecule has 6 heteroatoms. The first-order valence-corrected chi connectivity index (χ1v) is 7.89. The van der Waals surface area contributed by atoms with Crippen LogP contribution in [0.15, 0.2) is 22.9 Å². The molecule has 1 aliphatic rings. The molecule has 0 saturated heterocycles. The number of alkyl carbamates (subject to hydrolysis) is 1. The minimum absolute atomic E-state index is 0.105. The first-order valence-electron chi connectivity index (χ1n) is 7.09. The van der Waals surface area contributed by atoms with E-state index in [-0.39, 0.29) is 18.2 Å². The van der Waals surface area contributed by atoms with Gasteiger partial charge in [-0.05, 0) is 61.7 Å². The van der Waals surface area contributed by atoms with Crippen LogP contribution in [0.4, 0.5) is 4.79 Å². The first kappa shape index (κ1) is 16.1. The Kier molecular flexibility index (Phi) is 5.08. The summed E-state index contributed by atoms with van der Waals surface area (Å²) in [6, 6.07) is 3.83. The van der Waals surface area contributed by atoms with E-state index in [1.165, 1.54) is 0 Å². The molecule has 1 saturated carbocycles. The third kappa shape index (κ3) is 5.53. The molecule has 1 N–H and O–H groups in total. The van der Waals surface area contributed by atoms with Crippen molar-refractivity contribution in [3.05, 3.63) is 22.9 Å². The van der Waals surface area contributed by atoms with Crippen molar-refractivity contribution in [2.24, 2.45) is 0 Å². The molecule has 0 aromatic carbocycles. The molecule has 1 aromatic heterocycles. The van der Waals surface area contributed by atoms with Crippen molar-refractivity contribution in [1.82, 2.24) is 10.3 Å². The molecule has 0 unspecified atom stereocenters. The lowest BCUT2D eigenvalue weighted by atomic mass is 10.2. The molecule has 0 bridgehead atoms. The number of ether oxygens (including phenoxy) is 2. The van der Waals surface area contributed by atoms with Gasteiger partial charge in [0.2, 0.25) is 0 Å². The topological polar surface area (TPSA) is 60.5 Å². The van der Waals surface area contributed by atoms with Crippen molar-refractivity contribution in [2.75, 3.05) is 0 Å². The third-order valence-electron chi connectivity index (χ3n) is 3.11. The van der Waals surface area contributed by atoms with E-state index >= 15 is 0 Å². The smallest absolute Gasteiger partial charge is 0.407 e. The van der Waals surface area contributed by atoms with Gasteiger partial charge in [-0.15, -0.1) is 0 Å². The highest BCUT2D eigenvalue weighted by Gasteiger charge is 2.28. The number of halogens is 1. The number of carbonyl (C=O) groups excluding carboxylic acids is 1. The summed E-state index contributed by atoms with van der Waals surface area (Å²) in [6.45, 7) is 5.56. The molecule has 5 nitrogen and oxygen atoms in total. The summed E-state index contributed by atoms with van der Waals surface area (Å²) in [5, 5.41) is 2.90. The SMILES string of the molecule is CC(C)(C)OC(=O)N[C@@H]1CC[C@@H](Oc2ccc(Br)nc2)C1. The number of hydrogen-bond donors (Lipinski definition) is 1. The van der Waals surface area contributed by atoms with E-state index in [4.69, 9.17) is 9.47 Å². The zero-order valence-corrected chi connectivity index (χ0v) is 14.1. The van der Waals surface area contributed by atoms with Crippen LogP contribution in [0.3, 0.4) is 0 Å². The number of rotatable bonds is 3. The molecule has 0 aliphatic heterocycles. The molecule has 116 valence electrons. The summed E-state index contributed by atoms with van der Waals surface area (Å²) in [7, 11) is 0. The van der Waals surface area contributed by atoms with Gasteiger partial charge in [0.05, 0.1) is 6.20 Å². The maximum Gasteiger partial charge on any atom is 0.407 e. The summed E-state index contributed by atoms with van der Waals surface area (Å²) in [4.78, 5) is 15.9. The second-order valence-corrected chi connectivity index (χ2v) is 7.03. The van der Waals surface area contributed by atoms with Gasteiger partial charge in [0, 0.05) is 12.5 Å². The van der Waals surface area contributed by atoms with Gasteiger partial charge in [0.1, 0.15) is 22.1 Å². The Labute approximate surface area is 133 Å². The van der Waals surface area contributed by atoms with Crippen LogP contribution in [0.2, 0.25) is 0 Å². The zero-order valence-electron chi connectivity index (χ0n) is 12.6. The third-order valence-corrected chi connectivity index (χ3v) is 3.58. The van der Waals surface area contributed by atoms with Crippen molar-refractivity contribution in [2.45, 2.75) is 57.8 Å². The fourth-order valence-corrected chi connectivity index (χ4v) is 2.51. The van der Waals surface area contributed by atoms with E-state index in [9.17, 15) is 4.79 Å². The minimum Gasteiger partial charge on any atom is -0.489 e. The molecule has 2 atom stereocenters. The van der Waals surface area contributed by atoms with E-state index in [2.05, 4.69) is 26.2 Å².